The minimum Gasteiger partial charge on any atom is -0.348 e. The highest BCUT2D eigenvalue weighted by Crippen LogP contribution is 2.23. The fourth-order valence-electron chi connectivity index (χ4n) is 2.72. The molecule has 1 unspecified atom stereocenters. The zero-order valence-corrected chi connectivity index (χ0v) is 17.0. The number of hydrogen-bond acceptors (Lipinski definition) is 4. The Morgan fingerprint density at radius 2 is 1.92 bits per heavy atom. The number of nitrogens with one attached hydrogen (secondary N) is 1. The molecule has 0 aliphatic heterocycles. The van der Waals surface area contributed by atoms with Crippen molar-refractivity contribution in [2.45, 2.75) is 38.3 Å². The normalized spacial score (nSPS) is 13.0. The molecule has 0 bridgehead atoms. The minimum atomic E-state index is -3.62. The van der Waals surface area contributed by atoms with Crippen LogP contribution in [0.1, 0.15) is 29.9 Å². The first-order valence-electron chi connectivity index (χ1n) is 8.06. The first-order valence-corrected chi connectivity index (χ1v) is 9.87. The maximum atomic E-state index is 12.4. The minimum absolute atomic E-state index is 0.0790. The molecule has 1 N–H and O–H groups in total. The van der Waals surface area contributed by atoms with Gasteiger partial charge in [0.2, 0.25) is 15.9 Å². The van der Waals surface area contributed by atoms with Crippen molar-refractivity contribution in [3.63, 3.8) is 0 Å². The molecule has 1 aromatic heterocycles. The van der Waals surface area contributed by atoms with Crippen LogP contribution in [0.2, 0.25) is 5.02 Å². The van der Waals surface area contributed by atoms with Crippen LogP contribution in [-0.2, 0) is 21.4 Å². The molecule has 7 nitrogen and oxygen atoms in total. The number of rotatable bonds is 6. The Balaban J connectivity index is 2.19. The van der Waals surface area contributed by atoms with Gasteiger partial charge in [-0.25, -0.2) is 12.7 Å². The van der Waals surface area contributed by atoms with E-state index in [4.69, 9.17) is 11.6 Å². The van der Waals surface area contributed by atoms with E-state index < -0.39 is 10.0 Å². The van der Waals surface area contributed by atoms with Crippen molar-refractivity contribution in [2.24, 2.45) is 0 Å². The first-order chi connectivity index (χ1) is 12.1. The Labute approximate surface area is 159 Å². The van der Waals surface area contributed by atoms with E-state index in [2.05, 4.69) is 10.4 Å². The van der Waals surface area contributed by atoms with Crippen molar-refractivity contribution in [3.8, 4) is 0 Å². The molecule has 0 saturated carbocycles. The molecule has 1 amide bonds. The van der Waals surface area contributed by atoms with Gasteiger partial charge in [-0.2, -0.15) is 5.10 Å². The van der Waals surface area contributed by atoms with E-state index in [1.807, 2.05) is 25.1 Å². The van der Waals surface area contributed by atoms with Gasteiger partial charge in [0.05, 0.1) is 17.4 Å². The van der Waals surface area contributed by atoms with Crippen molar-refractivity contribution in [1.82, 2.24) is 19.4 Å². The molecular formula is C17H23ClN4O3S. The molecule has 0 radical (unpaired) electrons. The lowest BCUT2D eigenvalue weighted by atomic mass is 10.1. The number of aryl methyl sites for hydroxylation is 1. The van der Waals surface area contributed by atoms with E-state index >= 15 is 0 Å². The van der Waals surface area contributed by atoms with Gasteiger partial charge in [-0.3, -0.25) is 9.48 Å². The van der Waals surface area contributed by atoms with Crippen LogP contribution >= 0.6 is 11.6 Å². The first kappa shape index (κ1) is 20.4. The molecule has 1 aromatic carbocycles. The fourth-order valence-corrected chi connectivity index (χ4v) is 4.27. The summed E-state index contributed by atoms with van der Waals surface area (Å²) in [5.74, 6) is -0.281. The summed E-state index contributed by atoms with van der Waals surface area (Å²) in [4.78, 5) is 12.5. The third-order valence-electron chi connectivity index (χ3n) is 4.10. The lowest BCUT2D eigenvalue weighted by molar-refractivity contribution is -0.122. The summed E-state index contributed by atoms with van der Waals surface area (Å²) in [6.45, 7) is 5.01. The van der Waals surface area contributed by atoms with Crippen LogP contribution in [0.25, 0.3) is 0 Å². The Kier molecular flexibility index (Phi) is 6.10. The number of amides is 1. The number of benzene rings is 1. The summed E-state index contributed by atoms with van der Waals surface area (Å²) in [7, 11) is -0.700. The number of hydrogen-bond donors (Lipinski definition) is 1. The van der Waals surface area contributed by atoms with Gasteiger partial charge in [-0.15, -0.1) is 0 Å². The summed E-state index contributed by atoms with van der Waals surface area (Å²) in [5, 5.41) is 7.65. The number of carbonyl (C=O) groups is 1. The van der Waals surface area contributed by atoms with Crippen LogP contribution in [0.3, 0.4) is 0 Å². The molecule has 2 aromatic rings. The van der Waals surface area contributed by atoms with Crippen molar-refractivity contribution in [1.29, 1.82) is 0 Å². The Morgan fingerprint density at radius 3 is 2.50 bits per heavy atom. The van der Waals surface area contributed by atoms with Gasteiger partial charge < -0.3 is 5.32 Å². The van der Waals surface area contributed by atoms with Crippen LogP contribution in [0, 0.1) is 13.8 Å². The van der Waals surface area contributed by atoms with Crippen molar-refractivity contribution in [3.05, 3.63) is 46.2 Å². The van der Waals surface area contributed by atoms with Crippen molar-refractivity contribution >= 4 is 27.5 Å². The average molecular weight is 399 g/mol. The molecule has 1 heterocycles. The van der Waals surface area contributed by atoms with Gasteiger partial charge in [0, 0.05) is 19.1 Å². The molecule has 142 valence electrons. The third kappa shape index (κ3) is 4.08. The highest BCUT2D eigenvalue weighted by Gasteiger charge is 2.27. The number of sulfonamides is 1. The van der Waals surface area contributed by atoms with Gasteiger partial charge >= 0.3 is 0 Å². The molecule has 1 atom stereocenters. The van der Waals surface area contributed by atoms with Crippen LogP contribution in [0.5, 0.6) is 0 Å². The summed E-state index contributed by atoms with van der Waals surface area (Å²) >= 11 is 6.15. The van der Waals surface area contributed by atoms with Crippen LogP contribution < -0.4 is 5.32 Å². The Hall–Kier alpha value is -1.90. The highest BCUT2D eigenvalue weighted by molar-refractivity contribution is 7.89. The predicted octanol–water partition coefficient (Wildman–Crippen LogP) is 2.28. The van der Waals surface area contributed by atoms with E-state index in [0.717, 1.165) is 9.87 Å². The van der Waals surface area contributed by atoms with Gasteiger partial charge in [0.15, 0.2) is 0 Å². The SMILES string of the molecule is Cc1nn(CC(=O)NC(C)c2ccccc2Cl)c(C)c1S(=O)(=O)N(C)C. The fraction of sp³-hybridized carbons (Fsp3) is 0.412. The van der Waals surface area contributed by atoms with E-state index in [1.165, 1.54) is 18.8 Å². The van der Waals surface area contributed by atoms with Crippen molar-refractivity contribution in [2.75, 3.05) is 14.1 Å². The van der Waals surface area contributed by atoms with Gasteiger partial charge in [0.1, 0.15) is 11.4 Å². The second-order valence-electron chi connectivity index (χ2n) is 6.26. The molecule has 0 spiro atoms. The highest BCUT2D eigenvalue weighted by atomic mass is 35.5. The van der Waals surface area contributed by atoms with Crippen LogP contribution in [0.15, 0.2) is 29.2 Å². The van der Waals surface area contributed by atoms with Crippen LogP contribution in [-0.4, -0.2) is 42.5 Å². The van der Waals surface area contributed by atoms with E-state index in [-0.39, 0.29) is 23.4 Å². The maximum absolute atomic E-state index is 12.4. The molecule has 0 fully saturated rings. The zero-order valence-electron chi connectivity index (χ0n) is 15.4. The number of nitrogens with zero attached hydrogens (tertiary/aromatic N) is 3. The molecule has 0 aliphatic carbocycles. The number of aromatic nitrogens is 2. The van der Waals surface area contributed by atoms with E-state index in [0.29, 0.717) is 16.4 Å². The quantitative estimate of drug-likeness (QED) is 0.809. The molecular weight excluding hydrogens is 376 g/mol. The molecule has 0 saturated heterocycles. The summed E-state index contributed by atoms with van der Waals surface area (Å²) < 4.78 is 27.4. The number of halogens is 1. The van der Waals surface area contributed by atoms with E-state index in [9.17, 15) is 13.2 Å². The summed E-state index contributed by atoms with van der Waals surface area (Å²) in [6, 6.07) is 7.00. The van der Waals surface area contributed by atoms with Gasteiger partial charge in [-0.1, -0.05) is 29.8 Å². The summed E-state index contributed by atoms with van der Waals surface area (Å²) in [5.41, 5.74) is 1.60. The molecule has 9 heteroatoms. The Bertz CT molecular complexity index is 922. The average Bonchev–Trinajstić information content (AvgIpc) is 2.81. The van der Waals surface area contributed by atoms with Gasteiger partial charge in [0.25, 0.3) is 0 Å². The molecule has 0 aliphatic rings. The largest absolute Gasteiger partial charge is 0.348 e. The van der Waals surface area contributed by atoms with Gasteiger partial charge in [-0.05, 0) is 32.4 Å². The van der Waals surface area contributed by atoms with Crippen molar-refractivity contribution < 1.29 is 13.2 Å². The topological polar surface area (TPSA) is 84.3 Å². The van der Waals surface area contributed by atoms with E-state index in [1.54, 1.807) is 19.9 Å². The smallest absolute Gasteiger partial charge is 0.246 e. The maximum Gasteiger partial charge on any atom is 0.246 e. The predicted molar refractivity (Wildman–Crippen MR) is 101 cm³/mol. The van der Waals surface area contributed by atoms with Crippen LogP contribution in [0.4, 0.5) is 0 Å². The lowest BCUT2D eigenvalue weighted by Crippen LogP contribution is -2.31. The monoisotopic (exact) mass is 398 g/mol. The zero-order chi connectivity index (χ0) is 19.6. The lowest BCUT2D eigenvalue weighted by Gasteiger charge is -2.16. The summed E-state index contributed by atoms with van der Waals surface area (Å²) in [6.07, 6.45) is 0. The third-order valence-corrected chi connectivity index (χ3v) is 6.51. The Morgan fingerprint density at radius 1 is 1.31 bits per heavy atom. The molecule has 26 heavy (non-hydrogen) atoms. The second-order valence-corrected chi connectivity index (χ2v) is 8.75. The number of carbonyl (C=O) groups excluding carboxylic acids is 1. The second kappa shape index (κ2) is 7.77. The molecule has 2 rings (SSSR count). The standard InChI is InChI=1S/C17H23ClN4O3S/c1-11(14-8-6-7-9-15(14)18)19-16(23)10-22-13(3)17(12(2)20-22)26(24,25)21(4)5/h6-9,11H,10H2,1-5H3,(H,19,23).